The predicted octanol–water partition coefficient (Wildman–Crippen LogP) is -0.0212. The van der Waals surface area contributed by atoms with E-state index in [1.807, 2.05) is 13.8 Å². The van der Waals surface area contributed by atoms with Crippen molar-refractivity contribution in [3.8, 4) is 0 Å². The van der Waals surface area contributed by atoms with Gasteiger partial charge in [-0.1, -0.05) is 13.8 Å². The highest BCUT2D eigenvalue weighted by Crippen LogP contribution is 2.55. The molecule has 0 bridgehead atoms. The Morgan fingerprint density at radius 1 is 1.13 bits per heavy atom. The minimum absolute atomic E-state index is 0.0612. The van der Waals surface area contributed by atoms with Gasteiger partial charge in [0.2, 0.25) is 0 Å². The van der Waals surface area contributed by atoms with E-state index in [9.17, 15) is 24.4 Å². The summed E-state index contributed by atoms with van der Waals surface area (Å²) in [5.41, 5.74) is 5.01. The summed E-state index contributed by atoms with van der Waals surface area (Å²) in [6.45, 7) is 7.42. The Kier molecular flexibility index (Phi) is 10.7. The lowest BCUT2D eigenvalue weighted by molar-refractivity contribution is -0.0547. The van der Waals surface area contributed by atoms with Gasteiger partial charge in [-0.05, 0) is 33.1 Å². The smallest absolute Gasteiger partial charge is 0.394 e. The number of nitrogens with one attached hydrogen (secondary N) is 1. The first-order chi connectivity index (χ1) is 22.0. The minimum Gasteiger partial charge on any atom is -0.394 e. The molecule has 0 aliphatic carbocycles. The number of aromatic nitrogens is 6. The summed E-state index contributed by atoms with van der Waals surface area (Å²) in [7, 11) is -2.50. The molecule has 3 aromatic rings. The van der Waals surface area contributed by atoms with Crippen LogP contribution < -0.4 is 17.0 Å². The highest BCUT2D eigenvalue weighted by molar-refractivity contribution is 7.51. The van der Waals surface area contributed by atoms with Crippen LogP contribution in [0.3, 0.4) is 0 Å². The molecule has 46 heavy (non-hydrogen) atoms. The van der Waals surface area contributed by atoms with Crippen molar-refractivity contribution in [3.63, 3.8) is 0 Å². The molecule has 254 valence electrons. The van der Waals surface area contributed by atoms with Gasteiger partial charge in [-0.25, -0.2) is 24.0 Å². The molecule has 3 aromatic heterocycles. The largest absolute Gasteiger partial charge is 0.408 e. The number of fused-ring (bicyclic) bond motifs is 1. The second-order valence-corrected chi connectivity index (χ2v) is 13.4. The van der Waals surface area contributed by atoms with E-state index in [0.717, 1.165) is 13.1 Å². The zero-order valence-electron chi connectivity index (χ0n) is 26.3. The van der Waals surface area contributed by atoms with Crippen molar-refractivity contribution in [1.82, 2.24) is 38.6 Å². The van der Waals surface area contributed by atoms with Crippen molar-refractivity contribution in [2.75, 3.05) is 52.2 Å². The maximum atomic E-state index is 14.6. The third-order valence-corrected chi connectivity index (χ3v) is 10.4. The number of imidazole rings is 1. The van der Waals surface area contributed by atoms with Gasteiger partial charge in [-0.15, -0.1) is 0 Å². The van der Waals surface area contributed by atoms with Crippen molar-refractivity contribution < 1.29 is 33.3 Å². The SMILES string of the molecule is CCN(CC)CCN(C)P(=O)(OCC1OC(n2ccc(N)nc2=O)CC1O)OC1CC(n2cnc3c(=O)[nH]c(C)nc32)OC1CO. The van der Waals surface area contributed by atoms with Crippen molar-refractivity contribution in [3.05, 3.63) is 45.3 Å². The standard InChI is InChI=1S/C27H42N9O9P/c1-5-34(6-2)10-9-33(4)46(41,42-14-20-17(38)11-22(44-20)35-8-7-21(28)32-27(35)40)45-18-12-23(43-19(18)13-37)36-15-29-24-25(36)30-16(3)31-26(24)39/h7-8,15,17-20,22-23,37-38H,5-6,9-14H2,1-4H3,(H2,28,32,40)(H,30,31,39). The molecule has 5 N–H and O–H groups in total. The number of H-pyrrole nitrogens is 1. The first-order valence-corrected chi connectivity index (χ1v) is 16.7. The van der Waals surface area contributed by atoms with Crippen LogP contribution >= 0.6 is 7.75 Å². The Hall–Kier alpha value is -3.06. The molecule has 18 nitrogen and oxygen atoms in total. The molecule has 5 rings (SSSR count). The molecular weight excluding hydrogens is 625 g/mol. The Morgan fingerprint density at radius 2 is 1.85 bits per heavy atom. The number of ether oxygens (including phenoxy) is 2. The van der Waals surface area contributed by atoms with Crippen molar-refractivity contribution in [1.29, 1.82) is 0 Å². The van der Waals surface area contributed by atoms with Gasteiger partial charge in [0.1, 0.15) is 42.4 Å². The lowest BCUT2D eigenvalue weighted by atomic mass is 10.2. The fraction of sp³-hybridized carbons (Fsp3) is 0.667. The quantitative estimate of drug-likeness (QED) is 0.166. The number of aryl methyl sites for hydroxylation is 1. The third kappa shape index (κ3) is 7.25. The Balaban J connectivity index is 1.34. The monoisotopic (exact) mass is 667 g/mol. The Labute approximate surface area is 264 Å². The number of nitrogens with two attached hydrogens (primary N) is 1. The second-order valence-electron chi connectivity index (χ2n) is 11.3. The molecule has 7 unspecified atom stereocenters. The summed E-state index contributed by atoms with van der Waals surface area (Å²) in [6.07, 6.45) is -2.25. The van der Waals surface area contributed by atoms with Crippen LogP contribution in [0.1, 0.15) is 45.0 Å². The summed E-state index contributed by atoms with van der Waals surface area (Å²) in [6, 6.07) is 1.45. The summed E-state index contributed by atoms with van der Waals surface area (Å²) in [5, 5.41) is 21.0. The molecule has 2 fully saturated rings. The van der Waals surface area contributed by atoms with Gasteiger partial charge in [0.05, 0.1) is 25.6 Å². The summed E-state index contributed by atoms with van der Waals surface area (Å²) in [4.78, 5) is 41.7. The first-order valence-electron chi connectivity index (χ1n) is 15.2. The molecule has 0 saturated carbocycles. The van der Waals surface area contributed by atoms with Crippen LogP contribution in [0.25, 0.3) is 11.2 Å². The Morgan fingerprint density at radius 3 is 2.54 bits per heavy atom. The number of nitrogen functional groups attached to an aromatic ring is 1. The van der Waals surface area contributed by atoms with E-state index >= 15 is 0 Å². The number of hydrogen-bond acceptors (Lipinski definition) is 14. The number of aliphatic hydroxyl groups excluding tert-OH is 2. The molecule has 2 aliphatic heterocycles. The van der Waals surface area contributed by atoms with Crippen LogP contribution in [0.4, 0.5) is 5.82 Å². The zero-order chi connectivity index (χ0) is 33.2. The Bertz CT molecular complexity index is 1660. The average molecular weight is 668 g/mol. The highest BCUT2D eigenvalue weighted by atomic mass is 31.2. The molecule has 0 aromatic carbocycles. The minimum atomic E-state index is -4.11. The number of rotatable bonds is 14. The lowest BCUT2D eigenvalue weighted by Gasteiger charge is -2.32. The fourth-order valence-electron chi connectivity index (χ4n) is 5.57. The molecule has 7 atom stereocenters. The average Bonchev–Trinajstić information content (AvgIpc) is 3.73. The zero-order valence-corrected chi connectivity index (χ0v) is 27.2. The molecule has 0 spiro atoms. The van der Waals surface area contributed by atoms with E-state index in [1.54, 1.807) is 18.5 Å². The maximum Gasteiger partial charge on any atom is 0.408 e. The maximum absolute atomic E-state index is 14.6. The third-order valence-electron chi connectivity index (χ3n) is 8.31. The van der Waals surface area contributed by atoms with Crippen LogP contribution in [-0.2, 0) is 23.1 Å². The lowest BCUT2D eigenvalue weighted by Crippen LogP contribution is -2.36. The van der Waals surface area contributed by atoms with E-state index in [2.05, 4.69) is 24.8 Å². The molecule has 0 radical (unpaired) electrons. The number of aliphatic hydroxyl groups is 2. The van der Waals surface area contributed by atoms with Crippen LogP contribution in [0.15, 0.2) is 28.2 Å². The van der Waals surface area contributed by atoms with Gasteiger partial charge < -0.3 is 35.3 Å². The molecule has 5 heterocycles. The first kappa shape index (κ1) is 34.3. The van der Waals surface area contributed by atoms with Gasteiger partial charge in [-0.2, -0.15) is 4.98 Å². The van der Waals surface area contributed by atoms with E-state index in [0.29, 0.717) is 24.6 Å². The van der Waals surface area contributed by atoms with Crippen LogP contribution in [0.2, 0.25) is 0 Å². The highest BCUT2D eigenvalue weighted by Gasteiger charge is 2.45. The van der Waals surface area contributed by atoms with Crippen LogP contribution in [-0.4, -0.2) is 120 Å². The second kappa shape index (κ2) is 14.4. The number of hydrogen-bond donors (Lipinski definition) is 4. The van der Waals surface area contributed by atoms with Gasteiger partial charge in [0, 0.05) is 32.1 Å². The molecule has 2 aliphatic rings. The summed E-state index contributed by atoms with van der Waals surface area (Å²) < 4.78 is 43.0. The van der Waals surface area contributed by atoms with Crippen molar-refractivity contribution in [2.24, 2.45) is 0 Å². The van der Waals surface area contributed by atoms with E-state index < -0.39 is 62.5 Å². The van der Waals surface area contributed by atoms with E-state index in [-0.39, 0.29) is 30.8 Å². The van der Waals surface area contributed by atoms with Gasteiger partial charge in [-0.3, -0.25) is 23.0 Å². The van der Waals surface area contributed by atoms with Crippen LogP contribution in [0.5, 0.6) is 0 Å². The van der Waals surface area contributed by atoms with Gasteiger partial charge in [0.25, 0.3) is 5.56 Å². The topological polar surface area (TPSA) is 225 Å². The number of likely N-dealkylation sites (N-methyl/N-ethyl adjacent to an activating group) is 2. The normalized spacial score (nSPS) is 26.4. The fourth-order valence-corrected chi connectivity index (χ4v) is 7.22. The summed E-state index contributed by atoms with van der Waals surface area (Å²) in [5.74, 6) is 0.457. The number of nitrogens with zero attached hydrogens (tertiary/aromatic N) is 7. The van der Waals surface area contributed by atoms with Gasteiger partial charge >= 0.3 is 13.4 Å². The van der Waals surface area contributed by atoms with E-state index in [1.165, 1.54) is 27.8 Å². The molecule has 19 heteroatoms. The number of anilines is 1. The van der Waals surface area contributed by atoms with Crippen LogP contribution in [0, 0.1) is 6.92 Å². The molecular formula is C27H42N9O9P. The molecule has 0 amide bonds. The summed E-state index contributed by atoms with van der Waals surface area (Å²) >= 11 is 0. The number of aromatic amines is 1. The van der Waals surface area contributed by atoms with E-state index in [4.69, 9.17) is 24.3 Å². The van der Waals surface area contributed by atoms with Crippen molar-refractivity contribution >= 4 is 24.7 Å². The molecule has 2 saturated heterocycles. The van der Waals surface area contributed by atoms with Gasteiger partial charge in [0.15, 0.2) is 11.2 Å². The van der Waals surface area contributed by atoms with Crippen molar-refractivity contribution in [2.45, 2.75) is 70.5 Å². The predicted molar refractivity (Wildman–Crippen MR) is 165 cm³/mol.